The molecule has 2 heterocycles. The van der Waals surface area contributed by atoms with Crippen molar-refractivity contribution in [2.24, 2.45) is 0 Å². The second-order valence-electron chi connectivity index (χ2n) is 4.22. The predicted molar refractivity (Wildman–Crippen MR) is 88.5 cm³/mol. The number of ether oxygens (including phenoxy) is 1. The van der Waals surface area contributed by atoms with E-state index in [1.165, 1.54) is 16.9 Å². The van der Waals surface area contributed by atoms with Crippen molar-refractivity contribution in [3.8, 4) is 5.75 Å². The van der Waals surface area contributed by atoms with Crippen molar-refractivity contribution in [3.63, 3.8) is 0 Å². The third kappa shape index (κ3) is 2.70. The molecular formula is C13H8Br2Cl2OS. The molecule has 2 aromatic rings. The molecule has 3 rings (SSSR count). The SMILES string of the molecule is Clc1cc(C(Br)c2cc(Br)cc3c2OCC3)c(Cl)s1. The van der Waals surface area contributed by atoms with Gasteiger partial charge in [-0.15, -0.1) is 11.3 Å². The fraction of sp³-hybridized carbons (Fsp3) is 0.231. The van der Waals surface area contributed by atoms with Gasteiger partial charge in [0.05, 0.1) is 20.1 Å². The van der Waals surface area contributed by atoms with Crippen molar-refractivity contribution in [1.29, 1.82) is 0 Å². The minimum absolute atomic E-state index is 0.0203. The van der Waals surface area contributed by atoms with Crippen molar-refractivity contribution in [2.75, 3.05) is 6.61 Å². The highest BCUT2D eigenvalue weighted by atomic mass is 79.9. The quantitative estimate of drug-likeness (QED) is 0.500. The van der Waals surface area contributed by atoms with Crippen LogP contribution in [0.3, 0.4) is 0 Å². The summed E-state index contributed by atoms with van der Waals surface area (Å²) >= 11 is 20.9. The number of alkyl halides is 1. The van der Waals surface area contributed by atoms with Crippen LogP contribution < -0.4 is 4.74 Å². The van der Waals surface area contributed by atoms with Crippen molar-refractivity contribution >= 4 is 66.4 Å². The fourth-order valence-electron chi connectivity index (χ4n) is 2.18. The molecule has 19 heavy (non-hydrogen) atoms. The third-order valence-electron chi connectivity index (χ3n) is 3.01. The van der Waals surface area contributed by atoms with Gasteiger partial charge in [-0.25, -0.2) is 0 Å². The summed E-state index contributed by atoms with van der Waals surface area (Å²) in [5.74, 6) is 0.962. The molecule has 1 aromatic heterocycles. The maximum atomic E-state index is 6.23. The van der Waals surface area contributed by atoms with Crippen molar-refractivity contribution in [2.45, 2.75) is 11.2 Å². The topological polar surface area (TPSA) is 9.23 Å². The number of rotatable bonds is 2. The maximum absolute atomic E-state index is 6.23. The van der Waals surface area contributed by atoms with E-state index in [1.807, 2.05) is 6.07 Å². The molecule has 0 radical (unpaired) electrons. The minimum Gasteiger partial charge on any atom is -0.493 e. The monoisotopic (exact) mass is 440 g/mol. The second-order valence-corrected chi connectivity index (χ2v) is 8.34. The van der Waals surface area contributed by atoms with Gasteiger partial charge < -0.3 is 4.74 Å². The van der Waals surface area contributed by atoms with Crippen LogP contribution in [0.5, 0.6) is 5.75 Å². The van der Waals surface area contributed by atoms with E-state index in [2.05, 4.69) is 44.0 Å². The van der Waals surface area contributed by atoms with Gasteiger partial charge in [-0.2, -0.15) is 0 Å². The molecule has 1 aliphatic rings. The van der Waals surface area contributed by atoms with Gasteiger partial charge in [0.15, 0.2) is 0 Å². The first-order valence-corrected chi connectivity index (χ1v) is 8.88. The lowest BCUT2D eigenvalue weighted by Gasteiger charge is -2.14. The van der Waals surface area contributed by atoms with Crippen molar-refractivity contribution in [1.82, 2.24) is 0 Å². The smallest absolute Gasteiger partial charge is 0.127 e. The highest BCUT2D eigenvalue weighted by molar-refractivity contribution is 9.10. The van der Waals surface area contributed by atoms with Crippen LogP contribution in [0.4, 0.5) is 0 Å². The Morgan fingerprint density at radius 1 is 1.21 bits per heavy atom. The first kappa shape index (κ1) is 14.2. The lowest BCUT2D eigenvalue weighted by Crippen LogP contribution is -1.96. The van der Waals surface area contributed by atoms with Gasteiger partial charge in [0, 0.05) is 22.0 Å². The summed E-state index contributed by atoms with van der Waals surface area (Å²) in [7, 11) is 0. The van der Waals surface area contributed by atoms with E-state index >= 15 is 0 Å². The molecule has 0 aliphatic carbocycles. The van der Waals surface area contributed by atoms with Gasteiger partial charge in [-0.1, -0.05) is 55.1 Å². The molecule has 1 aliphatic heterocycles. The Morgan fingerprint density at radius 2 is 2.00 bits per heavy atom. The summed E-state index contributed by atoms with van der Waals surface area (Å²) in [6, 6.07) is 6.06. The van der Waals surface area contributed by atoms with E-state index in [0.717, 1.165) is 34.4 Å². The molecule has 1 nitrogen and oxygen atoms in total. The van der Waals surface area contributed by atoms with Gasteiger partial charge in [0.25, 0.3) is 0 Å². The summed E-state index contributed by atoms with van der Waals surface area (Å²) < 4.78 is 8.20. The van der Waals surface area contributed by atoms with E-state index in [4.69, 9.17) is 27.9 Å². The Balaban J connectivity index is 2.09. The number of halogens is 4. The molecule has 0 amide bonds. The molecule has 0 saturated heterocycles. The van der Waals surface area contributed by atoms with Crippen LogP contribution >= 0.6 is 66.4 Å². The molecular weight excluding hydrogens is 435 g/mol. The average Bonchev–Trinajstić information content (AvgIpc) is 2.93. The van der Waals surface area contributed by atoms with Crippen LogP contribution in [0, 0.1) is 0 Å². The normalized spacial score (nSPS) is 15.2. The summed E-state index contributed by atoms with van der Waals surface area (Å²) in [5, 5.41) is 0. The van der Waals surface area contributed by atoms with E-state index in [9.17, 15) is 0 Å². The van der Waals surface area contributed by atoms with Crippen LogP contribution in [0.1, 0.15) is 21.5 Å². The van der Waals surface area contributed by atoms with Gasteiger partial charge in [0.1, 0.15) is 5.75 Å². The van der Waals surface area contributed by atoms with Crippen molar-refractivity contribution < 1.29 is 4.74 Å². The van der Waals surface area contributed by atoms with E-state index < -0.39 is 0 Å². The Morgan fingerprint density at radius 3 is 2.68 bits per heavy atom. The Hall–Kier alpha value is 0.260. The highest BCUT2D eigenvalue weighted by Crippen LogP contribution is 2.46. The molecule has 0 fully saturated rings. The maximum Gasteiger partial charge on any atom is 0.127 e. The fourth-order valence-corrected chi connectivity index (χ4v) is 5.22. The molecule has 0 saturated carbocycles. The Kier molecular flexibility index (Phi) is 4.16. The highest BCUT2D eigenvalue weighted by Gasteiger charge is 2.25. The number of benzene rings is 1. The summed E-state index contributed by atoms with van der Waals surface area (Å²) in [5.41, 5.74) is 3.29. The largest absolute Gasteiger partial charge is 0.493 e. The molecule has 0 spiro atoms. The van der Waals surface area contributed by atoms with E-state index in [1.54, 1.807) is 0 Å². The van der Waals surface area contributed by atoms with Gasteiger partial charge in [-0.05, 0) is 23.8 Å². The minimum atomic E-state index is -0.0203. The number of hydrogen-bond donors (Lipinski definition) is 0. The average molecular weight is 443 g/mol. The Labute approximate surface area is 142 Å². The number of hydrogen-bond acceptors (Lipinski definition) is 2. The lowest BCUT2D eigenvalue weighted by molar-refractivity contribution is 0.354. The second kappa shape index (κ2) is 5.57. The Bertz CT molecular complexity index is 642. The zero-order valence-corrected chi connectivity index (χ0v) is 15.1. The van der Waals surface area contributed by atoms with Crippen LogP contribution in [0.2, 0.25) is 8.67 Å². The first-order chi connectivity index (χ1) is 9.06. The zero-order valence-electron chi connectivity index (χ0n) is 9.55. The molecule has 1 atom stereocenters. The van der Waals surface area contributed by atoms with E-state index in [0.29, 0.717) is 8.67 Å². The van der Waals surface area contributed by atoms with Gasteiger partial charge >= 0.3 is 0 Å². The molecule has 0 bridgehead atoms. The number of fused-ring (bicyclic) bond motifs is 1. The molecule has 6 heteroatoms. The predicted octanol–water partition coefficient (Wildman–Crippen LogP) is 6.24. The first-order valence-electron chi connectivity index (χ1n) is 5.60. The molecule has 100 valence electrons. The third-order valence-corrected chi connectivity index (χ3v) is 5.97. The summed E-state index contributed by atoms with van der Waals surface area (Å²) in [6.07, 6.45) is 0.944. The lowest BCUT2D eigenvalue weighted by atomic mass is 10.0. The zero-order chi connectivity index (χ0) is 13.6. The van der Waals surface area contributed by atoms with Gasteiger partial charge in [0.2, 0.25) is 0 Å². The number of thiophene rings is 1. The van der Waals surface area contributed by atoms with Crippen molar-refractivity contribution in [3.05, 3.63) is 48.0 Å². The van der Waals surface area contributed by atoms with Crippen LogP contribution in [-0.4, -0.2) is 6.61 Å². The summed E-state index contributed by atoms with van der Waals surface area (Å²) in [6.45, 7) is 0.733. The van der Waals surface area contributed by atoms with Crippen LogP contribution in [0.25, 0.3) is 0 Å². The molecule has 1 aromatic carbocycles. The van der Waals surface area contributed by atoms with Crippen LogP contribution in [0.15, 0.2) is 22.7 Å². The van der Waals surface area contributed by atoms with Crippen LogP contribution in [-0.2, 0) is 6.42 Å². The van der Waals surface area contributed by atoms with E-state index in [-0.39, 0.29) is 4.83 Å². The molecule has 1 unspecified atom stereocenters. The standard InChI is InChI=1S/C13H8Br2Cl2OS/c14-7-3-6-1-2-18-12(6)8(4-7)11(15)9-5-10(16)19-13(9)17/h3-5,11H,1-2H2. The summed E-state index contributed by atoms with van der Waals surface area (Å²) in [4.78, 5) is -0.0203. The van der Waals surface area contributed by atoms with Gasteiger partial charge in [-0.3, -0.25) is 0 Å². The molecule has 0 N–H and O–H groups in total.